The van der Waals surface area contributed by atoms with Gasteiger partial charge in [0.05, 0.1) is 10.7 Å². The van der Waals surface area contributed by atoms with Crippen molar-refractivity contribution in [2.45, 2.75) is 47.8 Å². The lowest BCUT2D eigenvalue weighted by Gasteiger charge is -2.69. The van der Waals surface area contributed by atoms with Gasteiger partial charge in [-0.2, -0.15) is 0 Å². The van der Waals surface area contributed by atoms with E-state index < -0.39 is 14.6 Å². The van der Waals surface area contributed by atoms with Crippen molar-refractivity contribution in [2.75, 3.05) is 6.26 Å². The Morgan fingerprint density at radius 1 is 1.16 bits per heavy atom. The van der Waals surface area contributed by atoms with Gasteiger partial charge in [-0.3, -0.25) is 4.79 Å². The van der Waals surface area contributed by atoms with Gasteiger partial charge in [0, 0.05) is 40.5 Å². The van der Waals surface area contributed by atoms with Crippen LogP contribution in [0.25, 0.3) is 11.3 Å². The molecule has 0 atom stereocenters. The fourth-order valence-electron chi connectivity index (χ4n) is 5.15. The highest BCUT2D eigenvalue weighted by molar-refractivity contribution is 7.91. The number of carbonyl (C=O) groups excluding carboxylic acids is 1. The standard InChI is InChI=1S/C21H20N4O4S2/c1-31(27,28)21(4-5-21)16-3-2-15(29-16)17(26)25-20-9-19(10-20,11-20)18-24-14(8-30-18)13-6-22-12-23-7-13/h2-3,6-8,12H,4-5,9-11H2,1H3,(H,25,26). The molecular formula is C21H20N4O4S2. The highest BCUT2D eigenvalue weighted by atomic mass is 32.2. The van der Waals surface area contributed by atoms with Crippen molar-refractivity contribution in [3.8, 4) is 11.3 Å². The quantitative estimate of drug-likeness (QED) is 0.606. The summed E-state index contributed by atoms with van der Waals surface area (Å²) < 4.78 is 28.9. The van der Waals surface area contributed by atoms with E-state index in [1.54, 1.807) is 35.9 Å². The topological polar surface area (TPSA) is 115 Å². The Labute approximate surface area is 183 Å². The van der Waals surface area contributed by atoms with E-state index >= 15 is 0 Å². The van der Waals surface area contributed by atoms with Crippen LogP contribution in [0.2, 0.25) is 0 Å². The van der Waals surface area contributed by atoms with Crippen LogP contribution in [0.3, 0.4) is 0 Å². The molecule has 2 bridgehead atoms. The monoisotopic (exact) mass is 456 g/mol. The van der Waals surface area contributed by atoms with Crippen LogP contribution in [0.4, 0.5) is 0 Å². The first-order valence-corrected chi connectivity index (χ1v) is 12.9. The van der Waals surface area contributed by atoms with E-state index in [9.17, 15) is 13.2 Å². The third-order valence-corrected chi connectivity index (χ3v) is 10.0. The lowest BCUT2D eigenvalue weighted by molar-refractivity contribution is -0.0812. The molecule has 0 unspecified atom stereocenters. The highest BCUT2D eigenvalue weighted by Crippen LogP contribution is 2.68. The zero-order valence-corrected chi connectivity index (χ0v) is 18.4. The molecule has 1 amide bonds. The predicted octanol–water partition coefficient (Wildman–Crippen LogP) is 2.83. The molecular weight excluding hydrogens is 436 g/mol. The highest BCUT2D eigenvalue weighted by Gasteiger charge is 2.70. The Bertz CT molecular complexity index is 1290. The molecule has 4 fully saturated rings. The fraction of sp³-hybridized carbons (Fsp3) is 0.429. The second-order valence-corrected chi connectivity index (χ2v) is 12.3. The molecule has 0 radical (unpaired) electrons. The van der Waals surface area contributed by atoms with Crippen molar-refractivity contribution in [2.24, 2.45) is 0 Å². The summed E-state index contributed by atoms with van der Waals surface area (Å²) in [5.74, 6) is 0.254. The summed E-state index contributed by atoms with van der Waals surface area (Å²) in [6.45, 7) is 0. The molecule has 0 aliphatic heterocycles. The molecule has 3 heterocycles. The van der Waals surface area contributed by atoms with Gasteiger partial charge in [-0.05, 0) is 44.2 Å². The average Bonchev–Trinajstić information content (AvgIpc) is 3.13. The molecule has 0 saturated heterocycles. The minimum absolute atomic E-state index is 0.0362. The number of rotatable bonds is 6. The molecule has 10 heteroatoms. The van der Waals surface area contributed by atoms with Crippen molar-refractivity contribution in [3.05, 3.63) is 52.8 Å². The number of nitrogens with zero attached hydrogens (tertiary/aromatic N) is 3. The third kappa shape index (κ3) is 2.74. The van der Waals surface area contributed by atoms with E-state index in [2.05, 4.69) is 15.3 Å². The first-order valence-electron chi connectivity index (χ1n) is 10.1. The Balaban J connectivity index is 1.13. The number of carbonyl (C=O) groups is 1. The number of furan rings is 1. The molecule has 7 rings (SSSR count). The Kier molecular flexibility index (Phi) is 3.71. The van der Waals surface area contributed by atoms with Crippen LogP contribution in [0.5, 0.6) is 0 Å². The number of amides is 1. The van der Waals surface area contributed by atoms with Gasteiger partial charge < -0.3 is 9.73 Å². The summed E-state index contributed by atoms with van der Waals surface area (Å²) in [6, 6.07) is 3.20. The second kappa shape index (κ2) is 6.01. The number of sulfone groups is 1. The number of nitrogens with one attached hydrogen (secondary N) is 1. The van der Waals surface area contributed by atoms with Crippen LogP contribution in [0.1, 0.15) is 53.4 Å². The summed E-state index contributed by atoms with van der Waals surface area (Å²) in [7, 11) is -3.27. The van der Waals surface area contributed by atoms with Gasteiger partial charge in [0.1, 0.15) is 16.8 Å². The van der Waals surface area contributed by atoms with Gasteiger partial charge >= 0.3 is 0 Å². The van der Waals surface area contributed by atoms with E-state index in [0.29, 0.717) is 18.6 Å². The molecule has 8 nitrogen and oxygen atoms in total. The van der Waals surface area contributed by atoms with E-state index in [0.717, 1.165) is 35.5 Å². The summed E-state index contributed by atoms with van der Waals surface area (Å²) in [5, 5.41) is 6.22. The van der Waals surface area contributed by atoms with Gasteiger partial charge in [-0.25, -0.2) is 23.4 Å². The first kappa shape index (κ1) is 19.1. The Hall–Kier alpha value is -2.59. The number of aromatic nitrogens is 3. The average molecular weight is 457 g/mol. The van der Waals surface area contributed by atoms with Gasteiger partial charge in [0.15, 0.2) is 15.6 Å². The summed E-state index contributed by atoms with van der Waals surface area (Å²) >= 11 is 1.64. The fourth-order valence-corrected chi connectivity index (χ4v) is 7.50. The lowest BCUT2D eigenvalue weighted by atomic mass is 9.39. The molecule has 4 aliphatic rings. The van der Waals surface area contributed by atoms with E-state index in [1.165, 1.54) is 12.6 Å². The predicted molar refractivity (Wildman–Crippen MR) is 113 cm³/mol. The third-order valence-electron chi connectivity index (χ3n) is 6.92. The second-order valence-electron chi connectivity index (χ2n) is 9.14. The van der Waals surface area contributed by atoms with Gasteiger partial charge in [0.25, 0.3) is 5.91 Å². The largest absolute Gasteiger partial charge is 0.454 e. The van der Waals surface area contributed by atoms with Gasteiger partial charge in [-0.15, -0.1) is 11.3 Å². The van der Waals surface area contributed by atoms with Crippen molar-refractivity contribution >= 4 is 27.1 Å². The van der Waals surface area contributed by atoms with Crippen LogP contribution in [0.15, 0.2) is 40.7 Å². The molecule has 4 aliphatic carbocycles. The zero-order valence-electron chi connectivity index (χ0n) is 16.8. The van der Waals surface area contributed by atoms with Crippen molar-refractivity contribution in [1.82, 2.24) is 20.3 Å². The van der Waals surface area contributed by atoms with Crippen molar-refractivity contribution in [3.63, 3.8) is 0 Å². The Morgan fingerprint density at radius 3 is 2.52 bits per heavy atom. The SMILES string of the molecule is CS(=O)(=O)C1(c2ccc(C(=O)NC34CC(c5nc(-c6cncnc6)cs5)(C3)C4)o2)CC1. The van der Waals surface area contributed by atoms with Crippen molar-refractivity contribution < 1.29 is 17.6 Å². The molecule has 160 valence electrons. The number of hydrogen-bond acceptors (Lipinski definition) is 8. The molecule has 3 aromatic heterocycles. The van der Waals surface area contributed by atoms with Crippen LogP contribution < -0.4 is 5.32 Å². The summed E-state index contributed by atoms with van der Waals surface area (Å²) in [6.07, 6.45) is 9.86. The summed E-state index contributed by atoms with van der Waals surface area (Å²) in [4.78, 5) is 25.6. The van der Waals surface area contributed by atoms with E-state index in [1.807, 2.05) is 5.38 Å². The normalized spacial score (nSPS) is 27.8. The minimum atomic E-state index is -3.27. The minimum Gasteiger partial charge on any atom is -0.454 e. The lowest BCUT2D eigenvalue weighted by Crippen LogP contribution is -2.76. The molecule has 3 aromatic rings. The Morgan fingerprint density at radius 2 is 1.87 bits per heavy atom. The smallest absolute Gasteiger partial charge is 0.287 e. The van der Waals surface area contributed by atoms with E-state index in [4.69, 9.17) is 9.40 Å². The molecule has 0 aromatic carbocycles. The van der Waals surface area contributed by atoms with Crippen molar-refractivity contribution in [1.29, 1.82) is 0 Å². The van der Waals surface area contributed by atoms with Crippen LogP contribution in [-0.2, 0) is 20.0 Å². The van der Waals surface area contributed by atoms with E-state index in [-0.39, 0.29) is 22.6 Å². The molecule has 1 N–H and O–H groups in total. The summed E-state index contributed by atoms with van der Waals surface area (Å²) in [5.41, 5.74) is 1.59. The zero-order chi connectivity index (χ0) is 21.5. The number of hydrogen-bond donors (Lipinski definition) is 1. The molecule has 4 saturated carbocycles. The van der Waals surface area contributed by atoms with Crippen LogP contribution >= 0.6 is 11.3 Å². The van der Waals surface area contributed by atoms with Crippen LogP contribution in [-0.4, -0.2) is 41.1 Å². The van der Waals surface area contributed by atoms with Crippen LogP contribution in [0, 0.1) is 0 Å². The maximum absolute atomic E-state index is 12.7. The first-order chi connectivity index (χ1) is 14.7. The van der Waals surface area contributed by atoms with Gasteiger partial charge in [-0.1, -0.05) is 0 Å². The van der Waals surface area contributed by atoms with Gasteiger partial charge in [0.2, 0.25) is 0 Å². The maximum atomic E-state index is 12.7. The molecule has 0 spiro atoms. The molecule has 31 heavy (non-hydrogen) atoms. The maximum Gasteiger partial charge on any atom is 0.287 e. The number of thiazole rings is 1.